The van der Waals surface area contributed by atoms with Crippen molar-refractivity contribution >= 4 is 37.6 Å². The van der Waals surface area contributed by atoms with Crippen LogP contribution in [0.1, 0.15) is 6.42 Å². The van der Waals surface area contributed by atoms with Crippen molar-refractivity contribution in [3.8, 4) is 0 Å². The average molecular weight is 344 g/mol. The van der Waals surface area contributed by atoms with Crippen LogP contribution in [0.5, 0.6) is 0 Å². The van der Waals surface area contributed by atoms with Crippen LogP contribution in [0.15, 0.2) is 16.6 Å². The third-order valence-corrected chi connectivity index (χ3v) is 3.73. The highest BCUT2D eigenvalue weighted by Gasteiger charge is 2.18. The lowest BCUT2D eigenvalue weighted by molar-refractivity contribution is -0.136. The van der Waals surface area contributed by atoms with Gasteiger partial charge in [0.2, 0.25) is 10.0 Å². The Morgan fingerprint density at radius 2 is 2.00 bits per heavy atom. The number of hydrogen-bond donors (Lipinski definition) is 2. The molecule has 0 saturated heterocycles. The van der Waals surface area contributed by atoms with E-state index in [4.69, 9.17) is 5.11 Å². The summed E-state index contributed by atoms with van der Waals surface area (Å²) in [4.78, 5) is 10.3. The normalized spacial score (nSPS) is 11.3. The van der Waals surface area contributed by atoms with Crippen molar-refractivity contribution < 1.29 is 27.1 Å². The number of aliphatic carboxylic acids is 1. The molecule has 18 heavy (non-hydrogen) atoms. The van der Waals surface area contributed by atoms with Gasteiger partial charge in [-0.3, -0.25) is 9.52 Å². The maximum Gasteiger partial charge on any atom is 0.304 e. The lowest BCUT2D eigenvalue weighted by Crippen LogP contribution is -2.20. The van der Waals surface area contributed by atoms with Crippen molar-refractivity contribution in [2.45, 2.75) is 6.42 Å². The molecule has 0 saturated carbocycles. The van der Waals surface area contributed by atoms with Crippen LogP contribution in [0.4, 0.5) is 14.5 Å². The molecule has 1 rings (SSSR count). The molecule has 0 bridgehead atoms. The zero-order chi connectivity index (χ0) is 13.9. The second kappa shape index (κ2) is 5.61. The summed E-state index contributed by atoms with van der Waals surface area (Å²) in [6.07, 6.45) is -0.615. The van der Waals surface area contributed by atoms with Crippen molar-refractivity contribution in [2.75, 3.05) is 10.5 Å². The van der Waals surface area contributed by atoms with E-state index in [9.17, 15) is 22.0 Å². The largest absolute Gasteiger partial charge is 0.481 e. The first-order valence-corrected chi connectivity index (χ1v) is 7.02. The van der Waals surface area contributed by atoms with Crippen LogP contribution < -0.4 is 4.72 Å². The fraction of sp³-hybridized carbons (Fsp3) is 0.222. The molecule has 0 heterocycles. The molecule has 0 aliphatic heterocycles. The first-order valence-electron chi connectivity index (χ1n) is 4.58. The van der Waals surface area contributed by atoms with E-state index in [0.717, 1.165) is 6.07 Å². The number of hydrogen-bond acceptors (Lipinski definition) is 3. The molecule has 100 valence electrons. The van der Waals surface area contributed by atoms with Gasteiger partial charge in [-0.1, -0.05) is 0 Å². The van der Waals surface area contributed by atoms with E-state index in [1.807, 2.05) is 4.72 Å². The van der Waals surface area contributed by atoms with Gasteiger partial charge in [0.15, 0.2) is 5.82 Å². The van der Waals surface area contributed by atoms with Gasteiger partial charge in [0.05, 0.1) is 17.9 Å². The van der Waals surface area contributed by atoms with E-state index in [2.05, 4.69) is 15.9 Å². The molecule has 0 aromatic heterocycles. The lowest BCUT2D eigenvalue weighted by atomic mass is 10.3. The fourth-order valence-corrected chi connectivity index (χ4v) is 2.77. The van der Waals surface area contributed by atoms with Gasteiger partial charge in [0.25, 0.3) is 0 Å². The summed E-state index contributed by atoms with van der Waals surface area (Å²) in [5.41, 5.74) is -0.457. The molecular weight excluding hydrogens is 336 g/mol. The molecule has 5 nitrogen and oxygen atoms in total. The minimum atomic E-state index is -4.01. The number of nitrogens with one attached hydrogen (secondary N) is 1. The number of carbonyl (C=O) groups is 1. The predicted octanol–water partition coefficient (Wildman–Crippen LogP) is 1.94. The third-order valence-electron chi connectivity index (χ3n) is 1.85. The van der Waals surface area contributed by atoms with Gasteiger partial charge in [-0.15, -0.1) is 0 Å². The number of anilines is 1. The smallest absolute Gasteiger partial charge is 0.304 e. The zero-order valence-electron chi connectivity index (χ0n) is 8.78. The molecule has 1 aromatic rings. The van der Waals surface area contributed by atoms with E-state index < -0.39 is 45.5 Å². The van der Waals surface area contributed by atoms with Gasteiger partial charge < -0.3 is 5.11 Å². The number of carboxylic acids is 1. The third kappa shape index (κ3) is 4.22. The Bertz CT molecular complexity index is 553. The summed E-state index contributed by atoms with van der Waals surface area (Å²) < 4.78 is 50.7. The molecule has 9 heteroatoms. The number of halogens is 3. The van der Waals surface area contributed by atoms with Crippen LogP contribution in [0, 0.1) is 11.6 Å². The highest BCUT2D eigenvalue weighted by Crippen LogP contribution is 2.27. The van der Waals surface area contributed by atoms with Crippen molar-refractivity contribution in [3.05, 3.63) is 28.2 Å². The standard InChI is InChI=1S/C9H8BrF2NO4S/c10-6-3-5(11)4-7(12)9(6)13-18(16,17)2-1-8(14)15/h3-4,13H,1-2H2,(H,14,15). The van der Waals surface area contributed by atoms with Crippen molar-refractivity contribution in [1.29, 1.82) is 0 Å². The summed E-state index contributed by atoms with van der Waals surface area (Å²) >= 11 is 2.81. The molecule has 0 amide bonds. The Hall–Kier alpha value is -1.22. The SMILES string of the molecule is O=C(O)CCS(=O)(=O)Nc1c(F)cc(F)cc1Br. The van der Waals surface area contributed by atoms with Gasteiger partial charge in [-0.2, -0.15) is 0 Å². The molecular formula is C9H8BrF2NO4S. The van der Waals surface area contributed by atoms with Crippen LogP contribution in [-0.4, -0.2) is 25.2 Å². The molecule has 0 spiro atoms. The lowest BCUT2D eigenvalue weighted by Gasteiger charge is -2.10. The minimum absolute atomic E-state index is 0.112. The molecule has 2 N–H and O–H groups in total. The van der Waals surface area contributed by atoms with Crippen LogP contribution in [0.3, 0.4) is 0 Å². The quantitative estimate of drug-likeness (QED) is 0.855. The second-order valence-electron chi connectivity index (χ2n) is 3.31. The summed E-state index contributed by atoms with van der Waals surface area (Å²) in [5, 5.41) is 8.36. The molecule has 1 aromatic carbocycles. The van der Waals surface area contributed by atoms with Crippen molar-refractivity contribution in [1.82, 2.24) is 0 Å². The Labute approximate surface area is 110 Å². The van der Waals surface area contributed by atoms with Crippen LogP contribution in [-0.2, 0) is 14.8 Å². The number of benzene rings is 1. The molecule has 0 aliphatic carbocycles. The van der Waals surface area contributed by atoms with Crippen LogP contribution in [0.25, 0.3) is 0 Å². The summed E-state index contributed by atoms with van der Waals surface area (Å²) in [6.45, 7) is 0. The maximum atomic E-state index is 13.3. The topological polar surface area (TPSA) is 83.5 Å². The Morgan fingerprint density at radius 3 is 2.50 bits per heavy atom. The van der Waals surface area contributed by atoms with Crippen LogP contribution in [0.2, 0.25) is 0 Å². The van der Waals surface area contributed by atoms with Gasteiger partial charge in [0.1, 0.15) is 5.82 Å². The average Bonchev–Trinajstić information content (AvgIpc) is 2.21. The molecule has 0 unspecified atom stereocenters. The number of sulfonamides is 1. The van der Waals surface area contributed by atoms with Crippen LogP contribution >= 0.6 is 15.9 Å². The van der Waals surface area contributed by atoms with E-state index >= 15 is 0 Å². The maximum absolute atomic E-state index is 13.3. The van der Waals surface area contributed by atoms with Gasteiger partial charge >= 0.3 is 5.97 Å². The highest BCUT2D eigenvalue weighted by atomic mass is 79.9. The predicted molar refractivity (Wildman–Crippen MR) is 63.7 cm³/mol. The Kier molecular flexibility index (Phi) is 4.63. The fourth-order valence-electron chi connectivity index (χ4n) is 1.07. The first-order chi connectivity index (χ1) is 8.21. The summed E-state index contributed by atoms with van der Waals surface area (Å²) in [7, 11) is -4.01. The molecule has 0 radical (unpaired) electrons. The van der Waals surface area contributed by atoms with E-state index in [-0.39, 0.29) is 4.47 Å². The molecule has 0 atom stereocenters. The van der Waals surface area contributed by atoms with Crippen molar-refractivity contribution in [3.63, 3.8) is 0 Å². The summed E-state index contributed by atoms with van der Waals surface area (Å²) in [6, 6.07) is 1.40. The Morgan fingerprint density at radius 1 is 1.39 bits per heavy atom. The van der Waals surface area contributed by atoms with Gasteiger partial charge in [-0.25, -0.2) is 17.2 Å². The monoisotopic (exact) mass is 343 g/mol. The summed E-state index contributed by atoms with van der Waals surface area (Å²) in [5.74, 6) is -3.96. The molecule has 0 aliphatic rings. The second-order valence-corrected chi connectivity index (χ2v) is 6.01. The van der Waals surface area contributed by atoms with Gasteiger partial charge in [-0.05, 0) is 22.0 Å². The van der Waals surface area contributed by atoms with E-state index in [0.29, 0.717) is 6.07 Å². The number of carboxylic acid groups (broad SMARTS) is 1. The van der Waals surface area contributed by atoms with Crippen molar-refractivity contribution in [2.24, 2.45) is 0 Å². The highest BCUT2D eigenvalue weighted by molar-refractivity contribution is 9.10. The van der Waals surface area contributed by atoms with E-state index in [1.54, 1.807) is 0 Å². The zero-order valence-corrected chi connectivity index (χ0v) is 11.2. The molecule has 0 fully saturated rings. The number of rotatable bonds is 5. The minimum Gasteiger partial charge on any atom is -0.481 e. The van der Waals surface area contributed by atoms with E-state index in [1.165, 1.54) is 0 Å². The van der Waals surface area contributed by atoms with Gasteiger partial charge in [0, 0.05) is 10.5 Å². The first kappa shape index (κ1) is 14.8. The Balaban J connectivity index is 2.94.